The Bertz CT molecular complexity index is 1180. The first-order valence-electron chi connectivity index (χ1n) is 9.62. The van der Waals surface area contributed by atoms with Gasteiger partial charge in [-0.3, -0.25) is 4.57 Å². The van der Waals surface area contributed by atoms with Crippen LogP contribution < -0.4 is 10.5 Å². The van der Waals surface area contributed by atoms with Crippen LogP contribution in [0.3, 0.4) is 0 Å². The molecule has 3 aromatic rings. The van der Waals surface area contributed by atoms with Gasteiger partial charge in [-0.2, -0.15) is 0 Å². The number of rotatable bonds is 5. The summed E-state index contributed by atoms with van der Waals surface area (Å²) in [5.74, 6) is -0.481. The number of aryl methyl sites for hydroxylation is 1. The maximum absolute atomic E-state index is 13.0. The Morgan fingerprint density at radius 1 is 1.03 bits per heavy atom. The van der Waals surface area contributed by atoms with E-state index < -0.39 is 15.8 Å². The van der Waals surface area contributed by atoms with Gasteiger partial charge >= 0.3 is 5.76 Å². The summed E-state index contributed by atoms with van der Waals surface area (Å²) in [6, 6.07) is 12.1. The standard InChI is InChI=1S/C22H28N2O4S/c1-14(2)20(15-7-9-16(10-8-15)22(3,4)5)23-29(26,27)17-11-12-18-19(13-17)28-21(25)24(18)6/h7-14,20,23H,1-6H3/t20-/m1/s1. The van der Waals surface area contributed by atoms with E-state index in [1.807, 2.05) is 38.1 Å². The summed E-state index contributed by atoms with van der Waals surface area (Å²) < 4.78 is 35.4. The lowest BCUT2D eigenvalue weighted by Crippen LogP contribution is -2.32. The summed E-state index contributed by atoms with van der Waals surface area (Å²) in [5.41, 5.74) is 2.92. The largest absolute Gasteiger partial charge is 0.419 e. The number of oxazole rings is 1. The summed E-state index contributed by atoms with van der Waals surface area (Å²) in [4.78, 5) is 11.7. The number of fused-ring (bicyclic) bond motifs is 1. The molecule has 0 spiro atoms. The lowest BCUT2D eigenvalue weighted by molar-refractivity contribution is 0.462. The van der Waals surface area contributed by atoms with Crippen molar-refractivity contribution in [1.29, 1.82) is 0 Å². The van der Waals surface area contributed by atoms with Crippen LogP contribution in [0.5, 0.6) is 0 Å². The molecule has 2 aromatic carbocycles. The van der Waals surface area contributed by atoms with Crippen molar-refractivity contribution >= 4 is 21.1 Å². The minimum Gasteiger partial charge on any atom is -0.408 e. The van der Waals surface area contributed by atoms with Crippen LogP contribution in [-0.2, 0) is 22.5 Å². The quantitative estimate of drug-likeness (QED) is 0.679. The first-order valence-corrected chi connectivity index (χ1v) is 11.1. The summed E-state index contributed by atoms with van der Waals surface area (Å²) in [6.45, 7) is 10.4. The van der Waals surface area contributed by atoms with Crippen molar-refractivity contribution in [3.8, 4) is 0 Å². The van der Waals surface area contributed by atoms with Crippen molar-refractivity contribution in [2.24, 2.45) is 13.0 Å². The van der Waals surface area contributed by atoms with E-state index in [0.29, 0.717) is 5.52 Å². The van der Waals surface area contributed by atoms with E-state index in [1.165, 1.54) is 22.3 Å². The lowest BCUT2D eigenvalue weighted by atomic mass is 9.85. The fourth-order valence-electron chi connectivity index (χ4n) is 3.30. The monoisotopic (exact) mass is 416 g/mol. The number of sulfonamides is 1. The molecule has 0 aliphatic heterocycles. The minimum atomic E-state index is -3.81. The Morgan fingerprint density at radius 3 is 2.21 bits per heavy atom. The fourth-order valence-corrected chi connectivity index (χ4v) is 4.68. The number of hydrogen-bond donors (Lipinski definition) is 1. The van der Waals surface area contributed by atoms with Crippen LogP contribution in [0.25, 0.3) is 11.1 Å². The highest BCUT2D eigenvalue weighted by Crippen LogP contribution is 2.28. The van der Waals surface area contributed by atoms with E-state index in [-0.39, 0.29) is 27.9 Å². The average Bonchev–Trinajstić information content (AvgIpc) is 2.92. The van der Waals surface area contributed by atoms with Crippen LogP contribution >= 0.6 is 0 Å². The molecule has 3 rings (SSSR count). The highest BCUT2D eigenvalue weighted by atomic mass is 32.2. The predicted molar refractivity (Wildman–Crippen MR) is 114 cm³/mol. The molecule has 0 amide bonds. The molecule has 6 nitrogen and oxygen atoms in total. The van der Waals surface area contributed by atoms with Gasteiger partial charge in [0.25, 0.3) is 0 Å². The molecule has 0 unspecified atom stereocenters. The van der Waals surface area contributed by atoms with Crippen LogP contribution in [0.15, 0.2) is 56.6 Å². The first kappa shape index (κ1) is 21.3. The number of hydrogen-bond acceptors (Lipinski definition) is 4. The molecule has 0 bridgehead atoms. The van der Waals surface area contributed by atoms with Crippen molar-refractivity contribution in [3.63, 3.8) is 0 Å². The number of benzene rings is 2. The van der Waals surface area contributed by atoms with E-state index in [9.17, 15) is 13.2 Å². The highest BCUT2D eigenvalue weighted by molar-refractivity contribution is 7.89. The van der Waals surface area contributed by atoms with E-state index in [4.69, 9.17) is 4.42 Å². The smallest absolute Gasteiger partial charge is 0.408 e. The molecular weight excluding hydrogens is 388 g/mol. The van der Waals surface area contributed by atoms with E-state index in [2.05, 4.69) is 25.5 Å². The lowest BCUT2D eigenvalue weighted by Gasteiger charge is -2.25. The van der Waals surface area contributed by atoms with Gasteiger partial charge in [-0.15, -0.1) is 0 Å². The number of aromatic nitrogens is 1. The van der Waals surface area contributed by atoms with Gasteiger partial charge < -0.3 is 4.42 Å². The summed E-state index contributed by atoms with van der Waals surface area (Å²) in [7, 11) is -2.23. The topological polar surface area (TPSA) is 81.3 Å². The third-order valence-corrected chi connectivity index (χ3v) is 6.60. The second kappa shape index (κ2) is 7.46. The van der Waals surface area contributed by atoms with Crippen LogP contribution in [-0.4, -0.2) is 13.0 Å². The van der Waals surface area contributed by atoms with Crippen molar-refractivity contribution in [3.05, 3.63) is 64.1 Å². The van der Waals surface area contributed by atoms with Gasteiger partial charge in [0.05, 0.1) is 10.4 Å². The fraction of sp³-hybridized carbons (Fsp3) is 0.409. The van der Waals surface area contributed by atoms with Crippen LogP contribution in [0, 0.1) is 5.92 Å². The first-order chi connectivity index (χ1) is 13.4. The van der Waals surface area contributed by atoms with Gasteiger partial charge in [0.2, 0.25) is 10.0 Å². The maximum Gasteiger partial charge on any atom is 0.419 e. The average molecular weight is 417 g/mol. The van der Waals surface area contributed by atoms with E-state index in [0.717, 1.165) is 5.56 Å². The Morgan fingerprint density at radius 2 is 1.66 bits per heavy atom. The van der Waals surface area contributed by atoms with Gasteiger partial charge in [0.1, 0.15) is 0 Å². The molecule has 7 heteroatoms. The third kappa shape index (κ3) is 4.31. The molecule has 156 valence electrons. The molecule has 0 aliphatic rings. The Labute approximate surface area is 171 Å². The molecule has 0 fully saturated rings. The molecule has 1 heterocycles. The number of nitrogens with zero attached hydrogens (tertiary/aromatic N) is 1. The van der Waals surface area contributed by atoms with E-state index >= 15 is 0 Å². The molecule has 1 aromatic heterocycles. The minimum absolute atomic E-state index is 0.0281. The third-order valence-electron chi connectivity index (χ3n) is 5.16. The molecule has 0 aliphatic carbocycles. The zero-order valence-corrected chi connectivity index (χ0v) is 18.5. The zero-order chi connectivity index (χ0) is 21.6. The van der Waals surface area contributed by atoms with Gasteiger partial charge in [-0.25, -0.2) is 17.9 Å². The Hall–Kier alpha value is -2.38. The van der Waals surface area contributed by atoms with Crippen molar-refractivity contribution in [1.82, 2.24) is 9.29 Å². The zero-order valence-electron chi connectivity index (χ0n) is 17.7. The SMILES string of the molecule is CC(C)[C@@H](NS(=O)(=O)c1ccc2c(c1)oc(=O)n2C)c1ccc(C(C)(C)C)cc1. The molecule has 0 radical (unpaired) electrons. The molecule has 0 saturated carbocycles. The van der Waals surface area contributed by atoms with Gasteiger partial charge in [-0.1, -0.05) is 58.9 Å². The summed E-state index contributed by atoms with van der Waals surface area (Å²) >= 11 is 0. The Balaban J connectivity index is 1.94. The highest BCUT2D eigenvalue weighted by Gasteiger charge is 2.25. The van der Waals surface area contributed by atoms with Crippen molar-refractivity contribution < 1.29 is 12.8 Å². The molecular formula is C22H28N2O4S. The molecule has 29 heavy (non-hydrogen) atoms. The summed E-state index contributed by atoms with van der Waals surface area (Å²) in [6.07, 6.45) is 0. The maximum atomic E-state index is 13.0. The Kier molecular flexibility index (Phi) is 5.49. The van der Waals surface area contributed by atoms with E-state index in [1.54, 1.807) is 13.1 Å². The number of nitrogens with one attached hydrogen (secondary N) is 1. The second-order valence-electron chi connectivity index (χ2n) is 8.77. The normalized spacial score (nSPS) is 13.9. The van der Waals surface area contributed by atoms with Crippen LogP contribution in [0.4, 0.5) is 0 Å². The van der Waals surface area contributed by atoms with Crippen LogP contribution in [0.2, 0.25) is 0 Å². The summed E-state index contributed by atoms with van der Waals surface area (Å²) in [5, 5.41) is 0. The van der Waals surface area contributed by atoms with Gasteiger partial charge in [-0.05, 0) is 34.6 Å². The predicted octanol–water partition coefficient (Wildman–Crippen LogP) is 4.10. The van der Waals surface area contributed by atoms with Crippen molar-refractivity contribution in [2.45, 2.75) is 51.0 Å². The van der Waals surface area contributed by atoms with Crippen LogP contribution in [0.1, 0.15) is 51.8 Å². The molecule has 0 saturated heterocycles. The molecule has 1 N–H and O–H groups in total. The second-order valence-corrected chi connectivity index (χ2v) is 10.5. The molecule has 1 atom stereocenters. The van der Waals surface area contributed by atoms with Gasteiger partial charge in [0.15, 0.2) is 5.58 Å². The van der Waals surface area contributed by atoms with Gasteiger partial charge in [0, 0.05) is 19.2 Å². The van der Waals surface area contributed by atoms with Crippen molar-refractivity contribution in [2.75, 3.05) is 0 Å².